The van der Waals surface area contributed by atoms with Crippen LogP contribution in [0.1, 0.15) is 6.42 Å². The average molecular weight is 192 g/mol. The highest BCUT2D eigenvalue weighted by Gasteiger charge is 2.37. The first-order valence-electron chi connectivity index (χ1n) is 3.51. The van der Waals surface area contributed by atoms with Gasteiger partial charge in [-0.25, -0.2) is 4.39 Å². The second-order valence-corrected chi connectivity index (χ2v) is 2.89. The van der Waals surface area contributed by atoms with Crippen LogP contribution < -0.4 is 0 Å². The van der Waals surface area contributed by atoms with Crippen molar-refractivity contribution in [3.05, 3.63) is 16.8 Å². The number of hydrogen-bond donors (Lipinski definition) is 0. The van der Waals surface area contributed by atoms with E-state index in [1.54, 1.807) is 6.08 Å². The fraction of sp³-hybridized carbons (Fsp3) is 0.500. The summed E-state index contributed by atoms with van der Waals surface area (Å²) in [5, 5.41) is -0.0187. The lowest BCUT2D eigenvalue weighted by molar-refractivity contribution is 0.250. The third-order valence-corrected chi connectivity index (χ3v) is 2.05. The SMILES string of the molecule is COC(=[OH+])C1CC=C=C(Cl)C1F. The molecule has 0 radical (unpaired) electrons. The van der Waals surface area contributed by atoms with Gasteiger partial charge in [-0.05, 0) is 12.5 Å². The van der Waals surface area contributed by atoms with Crippen LogP contribution >= 0.6 is 11.6 Å². The van der Waals surface area contributed by atoms with Gasteiger partial charge in [0.2, 0.25) is 0 Å². The minimum Gasteiger partial charge on any atom is -0.339 e. The van der Waals surface area contributed by atoms with Crippen LogP contribution in [0.25, 0.3) is 0 Å². The van der Waals surface area contributed by atoms with Crippen molar-refractivity contribution in [2.75, 3.05) is 7.11 Å². The van der Waals surface area contributed by atoms with Crippen molar-refractivity contribution in [2.24, 2.45) is 5.92 Å². The predicted octanol–water partition coefficient (Wildman–Crippen LogP) is 1.77. The number of halogens is 2. The molecule has 0 aliphatic heterocycles. The molecule has 0 aromatic rings. The first kappa shape index (κ1) is 9.30. The molecule has 2 unspecified atom stereocenters. The number of rotatable bonds is 1. The molecule has 0 saturated heterocycles. The van der Waals surface area contributed by atoms with Crippen molar-refractivity contribution in [1.29, 1.82) is 0 Å². The van der Waals surface area contributed by atoms with E-state index < -0.39 is 12.1 Å². The molecule has 1 N–H and O–H groups in total. The third-order valence-electron chi connectivity index (χ3n) is 1.73. The minimum absolute atomic E-state index is 0.0187. The molecule has 66 valence electrons. The van der Waals surface area contributed by atoms with Gasteiger partial charge in [-0.2, -0.15) is 0 Å². The second kappa shape index (κ2) is 3.74. The van der Waals surface area contributed by atoms with Gasteiger partial charge >= 0.3 is 5.97 Å². The standard InChI is InChI=1S/C8H8ClFO2/c1-12-8(11)5-3-2-4-6(9)7(5)10/h2,5,7H,3H2,1H3/p+1. The van der Waals surface area contributed by atoms with Gasteiger partial charge in [0.05, 0.1) is 5.03 Å². The van der Waals surface area contributed by atoms with Gasteiger partial charge in [0.1, 0.15) is 0 Å². The molecule has 0 saturated carbocycles. The van der Waals surface area contributed by atoms with E-state index in [9.17, 15) is 4.39 Å². The number of methoxy groups -OCH3 is 1. The maximum absolute atomic E-state index is 13.2. The normalized spacial score (nSPS) is 28.1. The average Bonchev–Trinajstić information content (AvgIpc) is 2.08. The van der Waals surface area contributed by atoms with E-state index in [4.69, 9.17) is 16.4 Å². The molecular formula is C8H9ClFO2+. The van der Waals surface area contributed by atoms with Gasteiger partial charge in [-0.1, -0.05) is 11.6 Å². The maximum Gasteiger partial charge on any atom is 0.489 e. The van der Waals surface area contributed by atoms with Crippen LogP contribution in [0.15, 0.2) is 16.8 Å². The molecule has 0 fully saturated rings. The summed E-state index contributed by atoms with van der Waals surface area (Å²) < 4.78 is 17.7. The van der Waals surface area contributed by atoms with Gasteiger partial charge in [0, 0.05) is 0 Å². The van der Waals surface area contributed by atoms with E-state index in [0.29, 0.717) is 6.42 Å². The van der Waals surface area contributed by atoms with E-state index >= 15 is 0 Å². The largest absolute Gasteiger partial charge is 0.489 e. The van der Waals surface area contributed by atoms with Gasteiger partial charge < -0.3 is 9.53 Å². The molecule has 0 aromatic carbocycles. The number of alkyl halides is 1. The Bertz CT molecular complexity index is 256. The Hall–Kier alpha value is -0.790. The number of hydrogen-bond acceptors (Lipinski definition) is 1. The van der Waals surface area contributed by atoms with Crippen LogP contribution in [0.2, 0.25) is 0 Å². The van der Waals surface area contributed by atoms with E-state index in [2.05, 4.69) is 10.5 Å². The summed E-state index contributed by atoms with van der Waals surface area (Å²) in [5.74, 6) is -1.01. The first-order chi connectivity index (χ1) is 5.66. The summed E-state index contributed by atoms with van der Waals surface area (Å²) in [5.41, 5.74) is 2.54. The van der Waals surface area contributed by atoms with Crippen LogP contribution in [-0.4, -0.2) is 24.0 Å². The molecular weight excluding hydrogens is 183 g/mol. The zero-order valence-corrected chi connectivity index (χ0v) is 7.31. The second-order valence-electron chi connectivity index (χ2n) is 2.48. The summed E-state index contributed by atoms with van der Waals surface area (Å²) in [4.78, 5) is 9.11. The molecule has 0 heterocycles. The molecule has 4 heteroatoms. The van der Waals surface area contributed by atoms with Gasteiger partial charge in [0.15, 0.2) is 19.2 Å². The van der Waals surface area contributed by atoms with Crippen LogP contribution in [0.4, 0.5) is 4.39 Å². The maximum atomic E-state index is 13.2. The quantitative estimate of drug-likeness (QED) is 0.353. The monoisotopic (exact) mass is 191 g/mol. The van der Waals surface area contributed by atoms with Crippen LogP contribution in [0.3, 0.4) is 0 Å². The summed E-state index contributed by atoms with van der Waals surface area (Å²) in [6.07, 6.45) is 0.534. The third kappa shape index (κ3) is 1.68. The van der Waals surface area contributed by atoms with E-state index in [0.717, 1.165) is 0 Å². The van der Waals surface area contributed by atoms with E-state index in [-0.39, 0.29) is 11.0 Å². The number of allylic oxidation sites excluding steroid dienone is 1. The Balaban J connectivity index is 2.75. The molecule has 0 bridgehead atoms. The summed E-state index contributed by atoms with van der Waals surface area (Å²) in [6, 6.07) is 0. The number of ether oxygens (including phenoxy) is 1. The topological polar surface area (TPSA) is 30.6 Å². The highest BCUT2D eigenvalue weighted by molar-refractivity contribution is 6.30. The fourth-order valence-corrected chi connectivity index (χ4v) is 1.27. The molecule has 2 atom stereocenters. The predicted molar refractivity (Wildman–Crippen MR) is 44.4 cm³/mol. The Morgan fingerprint density at radius 3 is 3.17 bits per heavy atom. The van der Waals surface area contributed by atoms with Crippen LogP contribution in [0.5, 0.6) is 0 Å². The van der Waals surface area contributed by atoms with E-state index in [1.165, 1.54) is 7.11 Å². The zero-order valence-electron chi connectivity index (χ0n) is 6.55. The van der Waals surface area contributed by atoms with Crippen molar-refractivity contribution in [2.45, 2.75) is 12.6 Å². The lowest BCUT2D eigenvalue weighted by atomic mass is 9.96. The number of esters is 1. The molecule has 0 spiro atoms. The van der Waals surface area contributed by atoms with E-state index in [1.807, 2.05) is 0 Å². The summed E-state index contributed by atoms with van der Waals surface area (Å²) in [6.45, 7) is 0. The summed E-state index contributed by atoms with van der Waals surface area (Å²) in [7, 11) is 1.29. The highest BCUT2D eigenvalue weighted by atomic mass is 35.5. The molecule has 0 amide bonds. The van der Waals surface area contributed by atoms with Crippen LogP contribution in [0, 0.1) is 5.92 Å². The van der Waals surface area contributed by atoms with Crippen LogP contribution in [-0.2, 0) is 4.74 Å². The Kier molecular flexibility index (Phi) is 2.90. The molecule has 1 aliphatic carbocycles. The Morgan fingerprint density at radius 1 is 1.92 bits per heavy atom. The molecule has 1 rings (SSSR count). The molecule has 1 aliphatic rings. The molecule has 0 aromatic heterocycles. The van der Waals surface area contributed by atoms with Gasteiger partial charge in [0.25, 0.3) is 0 Å². The zero-order chi connectivity index (χ0) is 9.14. The van der Waals surface area contributed by atoms with Gasteiger partial charge in [-0.15, -0.1) is 5.73 Å². The Labute approximate surface area is 74.7 Å². The Morgan fingerprint density at radius 2 is 2.58 bits per heavy atom. The van der Waals surface area contributed by atoms with Crippen molar-refractivity contribution in [3.8, 4) is 0 Å². The van der Waals surface area contributed by atoms with Gasteiger partial charge in [-0.3, -0.25) is 0 Å². The highest BCUT2D eigenvalue weighted by Crippen LogP contribution is 2.26. The smallest absolute Gasteiger partial charge is 0.339 e. The minimum atomic E-state index is -1.41. The molecule has 2 nitrogen and oxygen atoms in total. The van der Waals surface area contributed by atoms with Crippen molar-refractivity contribution < 1.29 is 13.9 Å². The molecule has 12 heavy (non-hydrogen) atoms. The van der Waals surface area contributed by atoms with Crippen molar-refractivity contribution in [3.63, 3.8) is 0 Å². The lowest BCUT2D eigenvalue weighted by Crippen LogP contribution is -2.27. The lowest BCUT2D eigenvalue weighted by Gasteiger charge is -2.13. The fourth-order valence-electron chi connectivity index (χ4n) is 1.04. The summed E-state index contributed by atoms with van der Waals surface area (Å²) >= 11 is 5.48. The van der Waals surface area contributed by atoms with Crippen molar-refractivity contribution in [1.82, 2.24) is 0 Å². The first-order valence-corrected chi connectivity index (χ1v) is 3.89. The number of carbonyl (C=O) groups excluding carboxylic acids is 1. The van der Waals surface area contributed by atoms with Crippen molar-refractivity contribution >= 4 is 17.6 Å².